The fourth-order valence-corrected chi connectivity index (χ4v) is 5.60. The highest BCUT2D eigenvalue weighted by atomic mass is 32.2. The number of nitrogens with zero attached hydrogens (tertiary/aromatic N) is 4. The number of hydrogen-bond acceptors (Lipinski definition) is 7. The quantitative estimate of drug-likeness (QED) is 0.340. The first-order chi connectivity index (χ1) is 16.9. The lowest BCUT2D eigenvalue weighted by Crippen LogP contribution is -2.53. The molecule has 0 unspecified atom stereocenters. The van der Waals surface area contributed by atoms with Crippen molar-refractivity contribution in [3.63, 3.8) is 0 Å². The van der Waals surface area contributed by atoms with E-state index in [4.69, 9.17) is 0 Å². The highest BCUT2D eigenvalue weighted by Crippen LogP contribution is 2.30. The molecule has 4 rings (SSSR count). The molecule has 2 aromatic carbocycles. The van der Waals surface area contributed by atoms with Crippen LogP contribution in [0.1, 0.15) is 12.5 Å². The molecule has 2 fully saturated rings. The number of sulfonamides is 1. The summed E-state index contributed by atoms with van der Waals surface area (Å²) in [7, 11) is -3.94. The van der Waals surface area contributed by atoms with Gasteiger partial charge in [-0.05, 0) is 42.8 Å². The molecule has 14 heteroatoms. The zero-order valence-corrected chi connectivity index (χ0v) is 19.9. The fourth-order valence-electron chi connectivity index (χ4n) is 4.14. The average Bonchev–Trinajstić information content (AvgIpc) is 3.07. The molecule has 2 aromatic rings. The van der Waals surface area contributed by atoms with E-state index in [9.17, 15) is 37.3 Å². The first kappa shape index (κ1) is 25.2. The van der Waals surface area contributed by atoms with E-state index < -0.39 is 50.7 Å². The largest absolute Gasteiger partial charge is 0.338 e. The van der Waals surface area contributed by atoms with Gasteiger partial charge in [-0.3, -0.25) is 24.6 Å². The van der Waals surface area contributed by atoms with Gasteiger partial charge < -0.3 is 10.2 Å². The Morgan fingerprint density at radius 3 is 2.33 bits per heavy atom. The maximum Gasteiger partial charge on any atom is 0.325 e. The van der Waals surface area contributed by atoms with Crippen molar-refractivity contribution >= 4 is 33.6 Å². The molecule has 2 heterocycles. The molecule has 2 aliphatic heterocycles. The van der Waals surface area contributed by atoms with Gasteiger partial charge in [0.2, 0.25) is 15.9 Å². The summed E-state index contributed by atoms with van der Waals surface area (Å²) in [6, 6.07) is 9.00. The lowest BCUT2D eigenvalue weighted by Gasteiger charge is -2.34. The summed E-state index contributed by atoms with van der Waals surface area (Å²) in [4.78, 5) is 50.7. The minimum atomic E-state index is -3.94. The van der Waals surface area contributed by atoms with Crippen LogP contribution in [0, 0.1) is 15.9 Å². The summed E-state index contributed by atoms with van der Waals surface area (Å²) in [5, 5.41) is 13.4. The first-order valence-electron chi connectivity index (χ1n) is 10.9. The molecule has 0 saturated carbocycles. The van der Waals surface area contributed by atoms with Crippen LogP contribution in [0.3, 0.4) is 0 Å². The van der Waals surface area contributed by atoms with Gasteiger partial charge in [-0.15, -0.1) is 0 Å². The number of non-ortho nitro benzene ring substituents is 1. The Kier molecular flexibility index (Phi) is 6.49. The Balaban J connectivity index is 1.40. The second-order valence-electron chi connectivity index (χ2n) is 8.49. The van der Waals surface area contributed by atoms with Gasteiger partial charge in [0.25, 0.3) is 11.6 Å². The maximum atomic E-state index is 13.5. The van der Waals surface area contributed by atoms with Crippen molar-refractivity contribution < 1.29 is 32.1 Å². The minimum absolute atomic E-state index is 0.0245. The van der Waals surface area contributed by atoms with Gasteiger partial charge in [0, 0.05) is 38.3 Å². The molecule has 0 bridgehead atoms. The topological polar surface area (TPSA) is 150 Å². The molecule has 190 valence electrons. The van der Waals surface area contributed by atoms with Crippen LogP contribution in [-0.4, -0.2) is 78.0 Å². The number of halogens is 1. The first-order valence-corrected chi connectivity index (χ1v) is 12.3. The van der Waals surface area contributed by atoms with Gasteiger partial charge in [-0.1, -0.05) is 6.07 Å². The molecule has 12 nitrogen and oxygen atoms in total. The van der Waals surface area contributed by atoms with Crippen LogP contribution < -0.4 is 5.32 Å². The van der Waals surface area contributed by atoms with Crippen LogP contribution in [0.2, 0.25) is 0 Å². The Morgan fingerprint density at radius 1 is 1.11 bits per heavy atom. The number of imide groups is 1. The standard InChI is InChI=1S/C22H22FN5O7S/c1-22(15-5-7-17(8-6-15)28(32)33)20(30)27(21(31)24-22)14-19(29)25-9-11-26(12-10-25)36(34,35)18-4-2-3-16(23)13-18/h2-8,13H,9-12,14H2,1H3,(H,24,31)/t22-/m0/s1. The summed E-state index contributed by atoms with van der Waals surface area (Å²) >= 11 is 0. The van der Waals surface area contributed by atoms with E-state index in [2.05, 4.69) is 5.32 Å². The molecule has 0 spiro atoms. The number of nitro benzene ring substituents is 1. The number of urea groups is 1. The fraction of sp³-hybridized carbons (Fsp3) is 0.318. The van der Waals surface area contributed by atoms with Crippen LogP contribution in [0.4, 0.5) is 14.9 Å². The SMILES string of the molecule is C[C@@]1(c2ccc([N+](=O)[O-])cc2)NC(=O)N(CC(=O)N2CCN(S(=O)(=O)c3cccc(F)c3)CC2)C1=O. The van der Waals surface area contributed by atoms with Crippen molar-refractivity contribution in [3.8, 4) is 0 Å². The van der Waals surface area contributed by atoms with Crippen molar-refractivity contribution in [1.29, 1.82) is 0 Å². The molecular weight excluding hydrogens is 497 g/mol. The Bertz CT molecular complexity index is 1340. The van der Waals surface area contributed by atoms with Gasteiger partial charge >= 0.3 is 6.03 Å². The highest BCUT2D eigenvalue weighted by Gasteiger charge is 2.50. The van der Waals surface area contributed by atoms with Crippen LogP contribution >= 0.6 is 0 Å². The number of hydrogen-bond donors (Lipinski definition) is 1. The number of benzene rings is 2. The summed E-state index contributed by atoms with van der Waals surface area (Å²) in [6.45, 7) is 0.864. The van der Waals surface area contributed by atoms with Crippen molar-refractivity contribution in [3.05, 3.63) is 70.0 Å². The lowest BCUT2D eigenvalue weighted by atomic mass is 9.92. The van der Waals surface area contributed by atoms with Crippen LogP contribution in [0.5, 0.6) is 0 Å². The predicted octanol–water partition coefficient (Wildman–Crippen LogP) is 1.03. The summed E-state index contributed by atoms with van der Waals surface area (Å²) in [6.07, 6.45) is 0. The molecule has 1 N–H and O–H groups in total. The van der Waals surface area contributed by atoms with E-state index in [1.807, 2.05) is 0 Å². The van der Waals surface area contributed by atoms with Gasteiger partial charge in [0.1, 0.15) is 17.9 Å². The summed E-state index contributed by atoms with van der Waals surface area (Å²) < 4.78 is 40.1. The van der Waals surface area contributed by atoms with Crippen LogP contribution in [0.15, 0.2) is 53.4 Å². The second kappa shape index (κ2) is 9.28. The van der Waals surface area contributed by atoms with Crippen molar-refractivity contribution in [1.82, 2.24) is 19.4 Å². The number of amides is 4. The molecule has 2 aliphatic rings. The normalized spacial score (nSPS) is 20.9. The maximum absolute atomic E-state index is 13.5. The zero-order valence-electron chi connectivity index (χ0n) is 19.1. The van der Waals surface area contributed by atoms with Gasteiger partial charge in [0.15, 0.2) is 0 Å². The smallest absolute Gasteiger partial charge is 0.325 e. The molecule has 36 heavy (non-hydrogen) atoms. The molecule has 1 atom stereocenters. The number of carbonyl (C=O) groups excluding carboxylic acids is 3. The van der Waals surface area contributed by atoms with E-state index in [-0.39, 0.29) is 36.8 Å². The molecule has 2 saturated heterocycles. The van der Waals surface area contributed by atoms with E-state index in [0.717, 1.165) is 21.3 Å². The Hall–Kier alpha value is -3.91. The number of rotatable bonds is 6. The third-order valence-electron chi connectivity index (χ3n) is 6.25. The molecule has 0 aliphatic carbocycles. The molecular formula is C22H22FN5O7S. The van der Waals surface area contributed by atoms with Gasteiger partial charge in [-0.25, -0.2) is 17.6 Å². The number of piperazine rings is 1. The average molecular weight is 520 g/mol. The zero-order chi connectivity index (χ0) is 26.3. The monoisotopic (exact) mass is 519 g/mol. The summed E-state index contributed by atoms with van der Waals surface area (Å²) in [5.74, 6) is -1.92. The third-order valence-corrected chi connectivity index (χ3v) is 8.14. The van der Waals surface area contributed by atoms with Crippen molar-refractivity contribution in [2.45, 2.75) is 17.4 Å². The van der Waals surface area contributed by atoms with Crippen molar-refractivity contribution in [2.75, 3.05) is 32.7 Å². The number of carbonyl (C=O) groups is 3. The van der Waals surface area contributed by atoms with Crippen LogP contribution in [-0.2, 0) is 25.2 Å². The van der Waals surface area contributed by atoms with Crippen molar-refractivity contribution in [2.24, 2.45) is 0 Å². The van der Waals surface area contributed by atoms with Crippen LogP contribution in [0.25, 0.3) is 0 Å². The Morgan fingerprint density at radius 2 is 1.75 bits per heavy atom. The van der Waals surface area contributed by atoms with E-state index in [1.54, 1.807) is 0 Å². The highest BCUT2D eigenvalue weighted by molar-refractivity contribution is 7.89. The van der Waals surface area contributed by atoms with E-state index in [0.29, 0.717) is 5.56 Å². The molecule has 0 aromatic heterocycles. The Labute approximate surface area is 205 Å². The second-order valence-corrected chi connectivity index (χ2v) is 10.4. The van der Waals surface area contributed by atoms with Gasteiger partial charge in [0.05, 0.1) is 9.82 Å². The predicted molar refractivity (Wildman–Crippen MR) is 122 cm³/mol. The summed E-state index contributed by atoms with van der Waals surface area (Å²) in [5.41, 5.74) is -1.37. The minimum Gasteiger partial charge on any atom is -0.338 e. The number of nitro groups is 1. The number of nitrogens with one attached hydrogen (secondary N) is 1. The third kappa shape index (κ3) is 4.52. The van der Waals surface area contributed by atoms with Gasteiger partial charge in [-0.2, -0.15) is 4.31 Å². The lowest BCUT2D eigenvalue weighted by molar-refractivity contribution is -0.384. The molecule has 4 amide bonds. The van der Waals surface area contributed by atoms with E-state index >= 15 is 0 Å². The van der Waals surface area contributed by atoms with E-state index in [1.165, 1.54) is 48.2 Å². The molecule has 0 radical (unpaired) electrons.